The highest BCUT2D eigenvalue weighted by molar-refractivity contribution is 9.10. The van der Waals surface area contributed by atoms with E-state index in [4.69, 9.17) is 5.73 Å². The van der Waals surface area contributed by atoms with Gasteiger partial charge in [0.1, 0.15) is 10.8 Å². The van der Waals surface area contributed by atoms with Crippen molar-refractivity contribution in [2.45, 2.75) is 22.9 Å². The van der Waals surface area contributed by atoms with Crippen molar-refractivity contribution in [3.05, 3.63) is 52.4 Å². The number of nitrogens with zero attached hydrogens (tertiary/aromatic N) is 1. The molecule has 2 rings (SSSR count). The summed E-state index contributed by atoms with van der Waals surface area (Å²) >= 11 is 4.74. The van der Waals surface area contributed by atoms with Gasteiger partial charge in [0.25, 0.3) is 0 Å². The van der Waals surface area contributed by atoms with E-state index in [2.05, 4.69) is 20.9 Å². The van der Waals surface area contributed by atoms with Crippen LogP contribution < -0.4 is 5.73 Å². The molecule has 0 bridgehead atoms. The van der Waals surface area contributed by atoms with Crippen LogP contribution in [0.1, 0.15) is 18.5 Å². The highest BCUT2D eigenvalue weighted by Crippen LogP contribution is 2.33. The van der Waals surface area contributed by atoms with E-state index in [1.54, 1.807) is 19.2 Å². The highest BCUT2D eigenvalue weighted by atomic mass is 79.9. The van der Waals surface area contributed by atoms with Gasteiger partial charge in [0.2, 0.25) is 0 Å². The Balaban J connectivity index is 2.34. The minimum Gasteiger partial charge on any atom is -0.324 e. The first-order chi connectivity index (χ1) is 8.58. The lowest BCUT2D eigenvalue weighted by atomic mass is 10.1. The van der Waals surface area contributed by atoms with E-state index in [9.17, 15) is 4.39 Å². The van der Waals surface area contributed by atoms with E-state index in [1.807, 2.05) is 18.2 Å². The Bertz CT molecular complexity index is 543. The Kier molecular flexibility index (Phi) is 4.37. The van der Waals surface area contributed by atoms with Crippen molar-refractivity contribution < 1.29 is 4.39 Å². The molecule has 5 heteroatoms. The molecule has 0 amide bonds. The van der Waals surface area contributed by atoms with Gasteiger partial charge in [-0.1, -0.05) is 17.8 Å². The minimum atomic E-state index is -0.343. The topological polar surface area (TPSA) is 38.9 Å². The number of nitrogens with two attached hydrogens (primary N) is 1. The van der Waals surface area contributed by atoms with Crippen molar-refractivity contribution in [2.75, 3.05) is 0 Å². The van der Waals surface area contributed by atoms with E-state index in [-0.39, 0.29) is 11.9 Å². The number of pyridine rings is 1. The number of benzene rings is 1. The average Bonchev–Trinajstić information content (AvgIpc) is 2.32. The highest BCUT2D eigenvalue weighted by Gasteiger charge is 2.13. The molecule has 0 aliphatic rings. The minimum absolute atomic E-state index is 0.271. The zero-order valence-corrected chi connectivity index (χ0v) is 12.1. The molecule has 2 aromatic rings. The summed E-state index contributed by atoms with van der Waals surface area (Å²) in [6.07, 6.45) is 1.72. The zero-order valence-electron chi connectivity index (χ0n) is 9.73. The fourth-order valence-electron chi connectivity index (χ4n) is 1.58. The zero-order chi connectivity index (χ0) is 13.1. The summed E-state index contributed by atoms with van der Waals surface area (Å²) in [6.45, 7) is 1.78. The van der Waals surface area contributed by atoms with Crippen LogP contribution in [0, 0.1) is 5.82 Å². The fourth-order valence-corrected chi connectivity index (χ4v) is 2.82. The van der Waals surface area contributed by atoms with Crippen LogP contribution in [0.3, 0.4) is 0 Å². The monoisotopic (exact) mass is 326 g/mol. The molecule has 0 aliphatic heterocycles. The first-order valence-electron chi connectivity index (χ1n) is 5.41. The van der Waals surface area contributed by atoms with Crippen molar-refractivity contribution in [3.63, 3.8) is 0 Å². The molecule has 1 heterocycles. The lowest BCUT2D eigenvalue weighted by molar-refractivity contribution is 0.585. The molecular formula is C13H12BrFN2S. The molecule has 0 fully saturated rings. The third kappa shape index (κ3) is 3.10. The van der Waals surface area contributed by atoms with Crippen molar-refractivity contribution in [1.82, 2.24) is 4.98 Å². The lowest BCUT2D eigenvalue weighted by Crippen LogP contribution is -2.08. The van der Waals surface area contributed by atoms with Crippen molar-refractivity contribution in [2.24, 2.45) is 5.73 Å². The molecule has 1 atom stereocenters. The summed E-state index contributed by atoms with van der Waals surface area (Å²) in [5, 5.41) is 0.811. The molecule has 0 saturated heterocycles. The second kappa shape index (κ2) is 5.82. The number of halogens is 2. The number of aromatic nitrogens is 1. The van der Waals surface area contributed by atoms with E-state index in [0.29, 0.717) is 5.56 Å². The molecule has 94 valence electrons. The van der Waals surface area contributed by atoms with Gasteiger partial charge in [-0.25, -0.2) is 9.37 Å². The van der Waals surface area contributed by atoms with Crippen molar-refractivity contribution in [1.29, 1.82) is 0 Å². The van der Waals surface area contributed by atoms with Gasteiger partial charge >= 0.3 is 0 Å². The maximum atomic E-state index is 13.7. The normalized spacial score (nSPS) is 12.4. The Labute approximate surface area is 118 Å². The van der Waals surface area contributed by atoms with Gasteiger partial charge in [0.05, 0.1) is 0 Å². The smallest absolute Gasteiger partial charge is 0.129 e. The van der Waals surface area contributed by atoms with Crippen LogP contribution in [0.25, 0.3) is 0 Å². The number of hydrogen-bond donors (Lipinski definition) is 1. The molecular weight excluding hydrogens is 315 g/mol. The predicted molar refractivity (Wildman–Crippen MR) is 75.1 cm³/mol. The van der Waals surface area contributed by atoms with Gasteiger partial charge < -0.3 is 5.73 Å². The molecule has 0 aliphatic carbocycles. The summed E-state index contributed by atoms with van der Waals surface area (Å²) in [4.78, 5) is 5.06. The Hall–Kier alpha value is -0.910. The van der Waals surface area contributed by atoms with Crippen LogP contribution >= 0.6 is 27.7 Å². The van der Waals surface area contributed by atoms with Crippen molar-refractivity contribution in [3.8, 4) is 0 Å². The standard InChI is InChI=1S/C13H12BrFN2S/c1-8(16)13-10(15)3-2-4-11(13)18-12-6-5-9(14)7-17-12/h2-8H,16H2,1H3. The van der Waals surface area contributed by atoms with Gasteiger partial charge in [-0.3, -0.25) is 0 Å². The van der Waals surface area contributed by atoms with E-state index >= 15 is 0 Å². The molecule has 1 aromatic heterocycles. The van der Waals surface area contributed by atoms with Crippen LogP contribution in [0.5, 0.6) is 0 Å². The molecule has 18 heavy (non-hydrogen) atoms. The molecule has 2 N–H and O–H groups in total. The fraction of sp³-hybridized carbons (Fsp3) is 0.154. The summed E-state index contributed by atoms with van der Waals surface area (Å²) in [5.74, 6) is -0.271. The largest absolute Gasteiger partial charge is 0.324 e. The van der Waals surface area contributed by atoms with E-state index in [1.165, 1.54) is 17.8 Å². The molecule has 2 nitrogen and oxygen atoms in total. The quantitative estimate of drug-likeness (QED) is 0.920. The van der Waals surface area contributed by atoms with Gasteiger partial charge in [-0.15, -0.1) is 0 Å². The van der Waals surface area contributed by atoms with Crippen LogP contribution in [0.2, 0.25) is 0 Å². The Morgan fingerprint density at radius 3 is 2.72 bits per heavy atom. The average molecular weight is 327 g/mol. The predicted octanol–water partition coefficient (Wildman–Crippen LogP) is 4.15. The summed E-state index contributed by atoms with van der Waals surface area (Å²) in [7, 11) is 0. The lowest BCUT2D eigenvalue weighted by Gasteiger charge is -2.12. The van der Waals surface area contributed by atoms with Crippen LogP contribution in [0.4, 0.5) is 4.39 Å². The number of hydrogen-bond acceptors (Lipinski definition) is 3. The summed E-state index contributed by atoms with van der Waals surface area (Å²) in [5.41, 5.74) is 6.35. The molecule has 0 radical (unpaired) electrons. The summed E-state index contributed by atoms with van der Waals surface area (Å²) in [6, 6.07) is 8.41. The van der Waals surface area contributed by atoms with Gasteiger partial charge in [0.15, 0.2) is 0 Å². The maximum absolute atomic E-state index is 13.7. The third-order valence-corrected chi connectivity index (χ3v) is 3.88. The SMILES string of the molecule is CC(N)c1c(F)cccc1Sc1ccc(Br)cn1. The second-order valence-electron chi connectivity index (χ2n) is 3.86. The maximum Gasteiger partial charge on any atom is 0.129 e. The third-order valence-electron chi connectivity index (χ3n) is 2.38. The van der Waals surface area contributed by atoms with Crippen LogP contribution in [0.15, 0.2) is 50.9 Å². The molecule has 0 spiro atoms. The Morgan fingerprint density at radius 2 is 2.11 bits per heavy atom. The molecule has 1 aromatic carbocycles. The van der Waals surface area contributed by atoms with Gasteiger partial charge in [-0.2, -0.15) is 0 Å². The van der Waals surface area contributed by atoms with E-state index < -0.39 is 0 Å². The van der Waals surface area contributed by atoms with Crippen LogP contribution in [-0.2, 0) is 0 Å². The Morgan fingerprint density at radius 1 is 1.33 bits per heavy atom. The van der Waals surface area contributed by atoms with Gasteiger partial charge in [-0.05, 0) is 47.1 Å². The number of rotatable bonds is 3. The van der Waals surface area contributed by atoms with E-state index in [0.717, 1.165) is 14.4 Å². The second-order valence-corrected chi connectivity index (χ2v) is 5.83. The molecule has 0 saturated carbocycles. The first-order valence-corrected chi connectivity index (χ1v) is 7.02. The van der Waals surface area contributed by atoms with Crippen molar-refractivity contribution >= 4 is 27.7 Å². The van der Waals surface area contributed by atoms with Gasteiger partial charge in [0, 0.05) is 27.2 Å². The summed E-state index contributed by atoms with van der Waals surface area (Å²) < 4.78 is 14.7. The molecule has 1 unspecified atom stereocenters. The van der Waals surface area contributed by atoms with Crippen LogP contribution in [-0.4, -0.2) is 4.98 Å². The first kappa shape index (κ1) is 13.5.